The number of ether oxygens (including phenoxy) is 4. The Labute approximate surface area is 259 Å². The minimum absolute atomic E-state index is 0.0510. The summed E-state index contributed by atoms with van der Waals surface area (Å²) in [4.78, 5) is 43.1. The van der Waals surface area contributed by atoms with E-state index in [4.69, 9.17) is 18.9 Å². The standard InChI is InChI=1S/C33H46N2O7S/c1-20-6-8-21(9-7-20)29(36)35(26-18-24(14-16-33(2,3)4)43-28(26)30(37)39-5)23-12-10-22(11-13-23)34-32(38)42-27-19-41-31-25(27)15-17-40-31/h18,20-23,25,27,31H,6-13,15,17,19H2,1-5H3,(H,34,38)/t20-,21-,22?,23?,25-,27-,31+/m0/s1. The molecule has 4 fully saturated rings. The van der Waals surface area contributed by atoms with Crippen molar-refractivity contribution in [2.45, 2.75) is 110 Å². The van der Waals surface area contributed by atoms with Crippen LogP contribution in [0.25, 0.3) is 0 Å². The van der Waals surface area contributed by atoms with Gasteiger partial charge in [0.05, 0.1) is 36.8 Å². The normalized spacial score (nSPS) is 30.5. The van der Waals surface area contributed by atoms with Gasteiger partial charge < -0.3 is 29.2 Å². The van der Waals surface area contributed by atoms with Crippen LogP contribution in [0, 0.1) is 35.0 Å². The zero-order valence-corrected chi connectivity index (χ0v) is 26.9. The number of hydrogen-bond donors (Lipinski definition) is 1. The van der Waals surface area contributed by atoms with Crippen LogP contribution in [0.5, 0.6) is 0 Å². The average Bonchev–Trinajstić information content (AvgIpc) is 3.70. The van der Waals surface area contributed by atoms with Gasteiger partial charge in [-0.2, -0.15) is 0 Å². The molecule has 0 unspecified atom stereocenters. The van der Waals surface area contributed by atoms with Crippen LogP contribution in [-0.4, -0.2) is 62.8 Å². The largest absolute Gasteiger partial charge is 0.465 e. The molecule has 0 spiro atoms. The summed E-state index contributed by atoms with van der Waals surface area (Å²) in [5, 5.41) is 3.04. The zero-order chi connectivity index (χ0) is 30.7. The van der Waals surface area contributed by atoms with Crippen LogP contribution in [0.1, 0.15) is 100 Å². The Hall–Kier alpha value is -2.61. The second kappa shape index (κ2) is 13.6. The molecule has 236 valence electrons. The third-order valence-corrected chi connectivity index (χ3v) is 10.2. The molecule has 9 nitrogen and oxygen atoms in total. The van der Waals surface area contributed by atoms with Gasteiger partial charge in [0.2, 0.25) is 5.91 Å². The SMILES string of the molecule is COC(=O)c1sc(C#CC(C)(C)C)cc1N(C(=O)[C@H]1CC[C@H](C)CC1)C1CCC(NC(=O)O[C@H]2CO[C@H]3OCC[C@H]32)CC1. The monoisotopic (exact) mass is 614 g/mol. The first kappa shape index (κ1) is 31.8. The number of nitrogens with one attached hydrogen (secondary N) is 1. The van der Waals surface area contributed by atoms with Crippen molar-refractivity contribution in [3.63, 3.8) is 0 Å². The molecular weight excluding hydrogens is 568 g/mol. The molecule has 3 heterocycles. The minimum Gasteiger partial charge on any atom is -0.465 e. The maximum atomic E-state index is 14.3. The molecule has 5 rings (SSSR count). The quantitative estimate of drug-likeness (QED) is 0.315. The van der Waals surface area contributed by atoms with E-state index < -0.39 is 12.1 Å². The zero-order valence-electron chi connectivity index (χ0n) is 26.1. The van der Waals surface area contributed by atoms with Gasteiger partial charge in [-0.25, -0.2) is 9.59 Å². The number of anilines is 1. The first-order valence-corrected chi connectivity index (χ1v) is 16.6. The second-order valence-electron chi connectivity index (χ2n) is 13.6. The smallest absolute Gasteiger partial charge is 0.407 e. The summed E-state index contributed by atoms with van der Waals surface area (Å²) < 4.78 is 22.0. The summed E-state index contributed by atoms with van der Waals surface area (Å²) in [6.07, 6.45) is 6.41. The fourth-order valence-corrected chi connectivity index (χ4v) is 7.59. The van der Waals surface area contributed by atoms with Crippen LogP contribution in [0.2, 0.25) is 0 Å². The van der Waals surface area contributed by atoms with Gasteiger partial charge in [0.25, 0.3) is 0 Å². The van der Waals surface area contributed by atoms with Crippen molar-refractivity contribution in [2.24, 2.45) is 23.2 Å². The minimum atomic E-state index is -0.456. The molecule has 2 aliphatic heterocycles. The van der Waals surface area contributed by atoms with Crippen molar-refractivity contribution >= 4 is 35.0 Å². The molecular formula is C33H46N2O7S. The Bertz CT molecular complexity index is 1230. The van der Waals surface area contributed by atoms with Crippen LogP contribution < -0.4 is 10.2 Å². The third kappa shape index (κ3) is 7.73. The van der Waals surface area contributed by atoms with Gasteiger partial charge in [-0.15, -0.1) is 11.3 Å². The number of thiophene rings is 1. The molecule has 10 heteroatoms. The highest BCUT2D eigenvalue weighted by atomic mass is 32.1. The van der Waals surface area contributed by atoms with E-state index >= 15 is 0 Å². The lowest BCUT2D eigenvalue weighted by Gasteiger charge is -2.39. The van der Waals surface area contributed by atoms with Crippen molar-refractivity contribution < 1.29 is 33.3 Å². The lowest BCUT2D eigenvalue weighted by atomic mass is 9.81. The van der Waals surface area contributed by atoms with Gasteiger partial charge in [0.15, 0.2) is 6.29 Å². The number of carbonyl (C=O) groups excluding carboxylic acids is 3. The van der Waals surface area contributed by atoms with Gasteiger partial charge in [-0.05, 0) is 90.5 Å². The summed E-state index contributed by atoms with van der Waals surface area (Å²) in [7, 11) is 1.37. The summed E-state index contributed by atoms with van der Waals surface area (Å²) in [6.45, 7) is 9.35. The molecule has 0 aromatic carbocycles. The predicted molar refractivity (Wildman–Crippen MR) is 164 cm³/mol. The summed E-state index contributed by atoms with van der Waals surface area (Å²) in [5.74, 6) is 6.73. The Morgan fingerprint density at radius 2 is 1.74 bits per heavy atom. The molecule has 0 bridgehead atoms. The third-order valence-electron chi connectivity index (χ3n) is 9.13. The number of alkyl carbamates (subject to hydrolysis) is 1. The molecule has 2 aliphatic carbocycles. The lowest BCUT2D eigenvalue weighted by molar-refractivity contribution is -0.124. The summed E-state index contributed by atoms with van der Waals surface area (Å²) >= 11 is 1.29. The fraction of sp³-hybridized carbons (Fsp3) is 0.727. The van der Waals surface area contributed by atoms with Crippen LogP contribution >= 0.6 is 11.3 Å². The Kier molecular flexibility index (Phi) is 10.0. The van der Waals surface area contributed by atoms with Crippen molar-refractivity contribution in [3.05, 3.63) is 15.8 Å². The van der Waals surface area contributed by atoms with E-state index in [1.165, 1.54) is 18.4 Å². The number of carbonyl (C=O) groups is 3. The average molecular weight is 615 g/mol. The maximum Gasteiger partial charge on any atom is 0.407 e. The first-order valence-electron chi connectivity index (χ1n) is 15.8. The predicted octanol–water partition coefficient (Wildman–Crippen LogP) is 5.89. The molecule has 0 radical (unpaired) electrons. The molecule has 2 saturated heterocycles. The van der Waals surface area contributed by atoms with Gasteiger partial charge >= 0.3 is 12.1 Å². The van der Waals surface area contributed by atoms with E-state index in [1.54, 1.807) is 0 Å². The van der Waals surface area contributed by atoms with Crippen LogP contribution in [-0.2, 0) is 23.7 Å². The fourth-order valence-electron chi connectivity index (χ4n) is 6.67. The van der Waals surface area contributed by atoms with E-state index in [0.29, 0.717) is 55.4 Å². The van der Waals surface area contributed by atoms with E-state index in [1.807, 2.05) is 31.7 Å². The van der Waals surface area contributed by atoms with Crippen molar-refractivity contribution in [1.82, 2.24) is 5.32 Å². The molecule has 2 amide bonds. The summed E-state index contributed by atoms with van der Waals surface area (Å²) in [5.41, 5.74) is 0.400. The van der Waals surface area contributed by atoms with Gasteiger partial charge in [0.1, 0.15) is 11.0 Å². The van der Waals surface area contributed by atoms with Crippen molar-refractivity contribution in [2.75, 3.05) is 25.2 Å². The van der Waals surface area contributed by atoms with Crippen molar-refractivity contribution in [1.29, 1.82) is 0 Å². The lowest BCUT2D eigenvalue weighted by Crippen LogP contribution is -2.49. The number of methoxy groups -OCH3 is 1. The highest BCUT2D eigenvalue weighted by Crippen LogP contribution is 2.39. The Morgan fingerprint density at radius 1 is 1.02 bits per heavy atom. The van der Waals surface area contributed by atoms with E-state index in [-0.39, 0.29) is 47.6 Å². The number of nitrogens with zero attached hydrogens (tertiary/aromatic N) is 1. The molecule has 1 N–H and O–H groups in total. The number of esters is 1. The highest BCUT2D eigenvalue weighted by Gasteiger charge is 2.44. The molecule has 1 aromatic heterocycles. The van der Waals surface area contributed by atoms with Crippen LogP contribution in [0.15, 0.2) is 6.07 Å². The van der Waals surface area contributed by atoms with Gasteiger partial charge in [-0.3, -0.25) is 4.79 Å². The van der Waals surface area contributed by atoms with E-state index in [2.05, 4.69) is 24.1 Å². The molecule has 3 atom stereocenters. The summed E-state index contributed by atoms with van der Waals surface area (Å²) in [6, 6.07) is 1.75. The van der Waals surface area contributed by atoms with Crippen molar-refractivity contribution in [3.8, 4) is 11.8 Å². The van der Waals surface area contributed by atoms with E-state index in [0.717, 1.165) is 37.0 Å². The Balaban J connectivity index is 1.32. The van der Waals surface area contributed by atoms with E-state index in [9.17, 15) is 14.4 Å². The first-order chi connectivity index (χ1) is 20.5. The second-order valence-corrected chi connectivity index (χ2v) is 14.7. The number of hydrogen-bond acceptors (Lipinski definition) is 8. The van der Waals surface area contributed by atoms with Gasteiger partial charge in [0, 0.05) is 23.4 Å². The number of amides is 2. The Morgan fingerprint density at radius 3 is 2.42 bits per heavy atom. The topological polar surface area (TPSA) is 103 Å². The molecule has 43 heavy (non-hydrogen) atoms. The highest BCUT2D eigenvalue weighted by molar-refractivity contribution is 7.15. The molecule has 2 saturated carbocycles. The molecule has 1 aromatic rings. The number of fused-ring (bicyclic) bond motifs is 1. The van der Waals surface area contributed by atoms with Crippen LogP contribution in [0.4, 0.5) is 10.5 Å². The molecule has 4 aliphatic rings. The van der Waals surface area contributed by atoms with Crippen LogP contribution in [0.3, 0.4) is 0 Å². The van der Waals surface area contributed by atoms with Gasteiger partial charge in [-0.1, -0.05) is 18.8 Å². The maximum absolute atomic E-state index is 14.3. The number of rotatable bonds is 6.